The van der Waals surface area contributed by atoms with Crippen molar-refractivity contribution in [3.05, 3.63) is 45.4 Å². The number of nitrogens with one attached hydrogen (secondary N) is 3. The predicted molar refractivity (Wildman–Crippen MR) is 88.5 cm³/mol. The van der Waals surface area contributed by atoms with E-state index in [2.05, 4.69) is 25.5 Å². The summed E-state index contributed by atoms with van der Waals surface area (Å²) in [5, 5.41) is 9.60. The first-order valence-electron chi connectivity index (χ1n) is 8.15. The molecule has 1 aliphatic rings. The van der Waals surface area contributed by atoms with Crippen molar-refractivity contribution in [2.45, 2.75) is 45.7 Å². The maximum atomic E-state index is 12.6. The third kappa shape index (κ3) is 3.32. The summed E-state index contributed by atoms with van der Waals surface area (Å²) in [6.45, 7) is 4.59. The van der Waals surface area contributed by atoms with Crippen molar-refractivity contribution in [2.75, 3.05) is 6.54 Å². The number of pyridine rings is 1. The fourth-order valence-corrected chi connectivity index (χ4v) is 3.20. The number of H-pyrrole nitrogens is 2. The number of aryl methyl sites for hydroxylation is 2. The molecule has 2 aromatic heterocycles. The first kappa shape index (κ1) is 16.2. The number of piperidine rings is 1. The van der Waals surface area contributed by atoms with Crippen LogP contribution >= 0.6 is 0 Å². The molecule has 2 amide bonds. The second-order valence-electron chi connectivity index (χ2n) is 6.18. The van der Waals surface area contributed by atoms with Crippen molar-refractivity contribution in [3.63, 3.8) is 0 Å². The minimum absolute atomic E-state index is 0.0985. The van der Waals surface area contributed by atoms with Gasteiger partial charge in [-0.1, -0.05) is 0 Å². The van der Waals surface area contributed by atoms with E-state index in [0.29, 0.717) is 17.9 Å². The van der Waals surface area contributed by atoms with Crippen molar-refractivity contribution < 1.29 is 4.79 Å². The zero-order valence-corrected chi connectivity index (χ0v) is 13.9. The van der Waals surface area contributed by atoms with E-state index in [1.165, 1.54) is 6.33 Å². The van der Waals surface area contributed by atoms with Gasteiger partial charge in [0.05, 0.1) is 12.6 Å². The quantitative estimate of drug-likeness (QED) is 0.793. The molecule has 1 aliphatic heterocycles. The van der Waals surface area contributed by atoms with Crippen molar-refractivity contribution in [3.8, 4) is 0 Å². The van der Waals surface area contributed by atoms with Crippen molar-refractivity contribution in [2.24, 2.45) is 0 Å². The number of likely N-dealkylation sites (tertiary alicyclic amines) is 1. The molecule has 128 valence electrons. The summed E-state index contributed by atoms with van der Waals surface area (Å²) in [6.07, 6.45) is 4.32. The van der Waals surface area contributed by atoms with Gasteiger partial charge in [-0.15, -0.1) is 0 Å². The van der Waals surface area contributed by atoms with Crippen LogP contribution in [0.3, 0.4) is 0 Å². The molecule has 8 nitrogen and oxygen atoms in total. The normalized spacial score (nSPS) is 17.8. The SMILES string of the molecule is Cc1cc(C)c(CNC(=O)N2CCCCC2c2ncn[nH]2)c(=O)[nH]1. The zero-order valence-electron chi connectivity index (χ0n) is 13.9. The second kappa shape index (κ2) is 6.86. The molecule has 1 atom stereocenters. The third-order valence-electron chi connectivity index (χ3n) is 4.42. The lowest BCUT2D eigenvalue weighted by molar-refractivity contribution is 0.147. The van der Waals surface area contributed by atoms with Gasteiger partial charge in [-0.3, -0.25) is 9.89 Å². The molecule has 3 heterocycles. The van der Waals surface area contributed by atoms with Gasteiger partial charge in [0.15, 0.2) is 0 Å². The van der Waals surface area contributed by atoms with Gasteiger partial charge in [0, 0.05) is 17.8 Å². The lowest BCUT2D eigenvalue weighted by Crippen LogP contribution is -2.45. The van der Waals surface area contributed by atoms with Gasteiger partial charge in [0.1, 0.15) is 12.2 Å². The third-order valence-corrected chi connectivity index (χ3v) is 4.42. The highest BCUT2D eigenvalue weighted by Crippen LogP contribution is 2.28. The molecule has 0 bridgehead atoms. The summed E-state index contributed by atoms with van der Waals surface area (Å²) in [4.78, 5) is 33.4. The predicted octanol–water partition coefficient (Wildman–Crippen LogP) is 1.55. The first-order chi connectivity index (χ1) is 11.6. The molecular formula is C16H22N6O2. The minimum atomic E-state index is -0.185. The lowest BCUT2D eigenvalue weighted by atomic mass is 10.0. The molecule has 3 rings (SSSR count). The fourth-order valence-electron chi connectivity index (χ4n) is 3.20. The van der Waals surface area contributed by atoms with Crippen LogP contribution in [0.25, 0.3) is 0 Å². The van der Waals surface area contributed by atoms with Crippen LogP contribution in [0.2, 0.25) is 0 Å². The highest BCUT2D eigenvalue weighted by Gasteiger charge is 2.29. The maximum Gasteiger partial charge on any atom is 0.318 e. The van der Waals surface area contributed by atoms with Crippen LogP contribution in [0.4, 0.5) is 4.79 Å². The Balaban J connectivity index is 1.71. The molecule has 24 heavy (non-hydrogen) atoms. The zero-order chi connectivity index (χ0) is 17.1. The summed E-state index contributed by atoms with van der Waals surface area (Å²) < 4.78 is 0. The molecule has 0 spiro atoms. The van der Waals surface area contributed by atoms with Crippen LogP contribution in [-0.2, 0) is 6.54 Å². The number of nitrogens with zero attached hydrogens (tertiary/aromatic N) is 3. The number of rotatable bonds is 3. The molecule has 0 aromatic carbocycles. The Labute approximate surface area is 139 Å². The van der Waals surface area contributed by atoms with Crippen molar-refractivity contribution >= 4 is 6.03 Å². The molecule has 1 fully saturated rings. The van der Waals surface area contributed by atoms with Gasteiger partial charge in [-0.2, -0.15) is 5.10 Å². The van der Waals surface area contributed by atoms with Gasteiger partial charge in [0.2, 0.25) is 0 Å². The van der Waals surface area contributed by atoms with Gasteiger partial charge >= 0.3 is 6.03 Å². The molecule has 3 N–H and O–H groups in total. The van der Waals surface area contributed by atoms with Gasteiger partial charge in [-0.25, -0.2) is 9.78 Å². The van der Waals surface area contributed by atoms with Gasteiger partial charge < -0.3 is 15.2 Å². The Morgan fingerprint density at radius 3 is 2.96 bits per heavy atom. The van der Waals surface area contributed by atoms with Gasteiger partial charge in [-0.05, 0) is 44.7 Å². The summed E-state index contributed by atoms with van der Waals surface area (Å²) >= 11 is 0. The van der Waals surface area contributed by atoms with Crippen LogP contribution in [0.1, 0.15) is 47.9 Å². The Kier molecular flexibility index (Phi) is 4.64. The summed E-state index contributed by atoms with van der Waals surface area (Å²) in [6, 6.07) is 1.62. The highest BCUT2D eigenvalue weighted by atomic mass is 16.2. The van der Waals surface area contributed by atoms with E-state index in [9.17, 15) is 9.59 Å². The molecule has 1 unspecified atom stereocenters. The average Bonchev–Trinajstić information content (AvgIpc) is 3.08. The number of carbonyl (C=O) groups is 1. The number of aromatic nitrogens is 4. The van der Waals surface area contributed by atoms with Crippen LogP contribution in [0.15, 0.2) is 17.2 Å². The monoisotopic (exact) mass is 330 g/mol. The maximum absolute atomic E-state index is 12.6. The fraction of sp³-hybridized carbons (Fsp3) is 0.500. The number of urea groups is 1. The molecule has 0 saturated carbocycles. The molecule has 1 saturated heterocycles. The van der Waals surface area contributed by atoms with E-state index in [-0.39, 0.29) is 24.2 Å². The smallest absolute Gasteiger partial charge is 0.318 e. The number of aromatic amines is 2. The van der Waals surface area contributed by atoms with E-state index in [0.717, 1.165) is 30.5 Å². The highest BCUT2D eigenvalue weighted by molar-refractivity contribution is 5.74. The van der Waals surface area contributed by atoms with E-state index in [1.54, 1.807) is 4.90 Å². The standard InChI is InChI=1S/C16H22N6O2/c1-10-7-11(2)20-15(23)12(10)8-17-16(24)22-6-4-3-5-13(22)14-18-9-19-21-14/h7,9,13H,3-6,8H2,1-2H3,(H,17,24)(H,20,23)(H,18,19,21). The Morgan fingerprint density at radius 2 is 2.25 bits per heavy atom. The van der Waals surface area contributed by atoms with Gasteiger partial charge in [0.25, 0.3) is 5.56 Å². The molecule has 8 heteroatoms. The number of hydrogen-bond acceptors (Lipinski definition) is 4. The van der Waals surface area contributed by atoms with E-state index in [4.69, 9.17) is 0 Å². The van der Waals surface area contributed by atoms with Crippen molar-refractivity contribution in [1.82, 2.24) is 30.4 Å². The molecule has 0 aliphatic carbocycles. The largest absolute Gasteiger partial charge is 0.334 e. The second-order valence-corrected chi connectivity index (χ2v) is 6.18. The van der Waals surface area contributed by atoms with Crippen LogP contribution in [-0.4, -0.2) is 37.6 Å². The number of carbonyl (C=O) groups excluding carboxylic acids is 1. The summed E-state index contributed by atoms with van der Waals surface area (Å²) in [7, 11) is 0. The minimum Gasteiger partial charge on any atom is -0.334 e. The number of amides is 2. The topological polar surface area (TPSA) is 107 Å². The molecular weight excluding hydrogens is 308 g/mol. The Morgan fingerprint density at radius 1 is 1.42 bits per heavy atom. The average molecular weight is 330 g/mol. The number of hydrogen-bond donors (Lipinski definition) is 3. The van der Waals surface area contributed by atoms with Crippen LogP contribution in [0.5, 0.6) is 0 Å². The van der Waals surface area contributed by atoms with E-state index < -0.39 is 0 Å². The molecule has 0 radical (unpaired) electrons. The van der Waals surface area contributed by atoms with Crippen molar-refractivity contribution in [1.29, 1.82) is 0 Å². The summed E-state index contributed by atoms with van der Waals surface area (Å²) in [5.74, 6) is 0.703. The van der Waals surface area contributed by atoms with E-state index in [1.807, 2.05) is 19.9 Å². The van der Waals surface area contributed by atoms with E-state index >= 15 is 0 Å². The lowest BCUT2D eigenvalue weighted by Gasteiger charge is -2.34. The molecule has 2 aromatic rings. The first-order valence-corrected chi connectivity index (χ1v) is 8.15. The van der Waals surface area contributed by atoms with Crippen LogP contribution < -0.4 is 10.9 Å². The summed E-state index contributed by atoms with van der Waals surface area (Å²) in [5.41, 5.74) is 2.12. The Bertz CT molecular complexity index is 767. The Hall–Kier alpha value is -2.64. The van der Waals surface area contributed by atoms with Crippen LogP contribution in [0, 0.1) is 13.8 Å².